The van der Waals surface area contributed by atoms with Gasteiger partial charge in [-0.15, -0.1) is 0 Å². The topological polar surface area (TPSA) is 71.4 Å². The molecule has 3 nitrogen and oxygen atoms in total. The lowest BCUT2D eigenvalue weighted by atomic mass is 11.8. The van der Waals surface area contributed by atoms with Gasteiger partial charge in [-0.05, 0) is 12.2 Å². The average Bonchev–Trinajstić information content (AvgIpc) is 1.46. The van der Waals surface area contributed by atoms with Gasteiger partial charge in [0.05, 0.1) is 5.16 Å². The van der Waals surface area contributed by atoms with Crippen molar-refractivity contribution in [2.75, 3.05) is 0 Å². The van der Waals surface area contributed by atoms with Crippen LogP contribution in [0.4, 0.5) is 0 Å². The third-order valence-electron chi connectivity index (χ3n) is 0. The number of hydrogen-bond donors (Lipinski definition) is 1. The van der Waals surface area contributed by atoms with Gasteiger partial charge in [0.1, 0.15) is 0 Å². The zero-order chi connectivity index (χ0) is 4.71. The molecule has 1 N–H and O–H groups in total. The maximum atomic E-state index is 6.00. The monoisotopic (exact) mass is 87.0 g/mol. The molecule has 0 fully saturated rings. The van der Waals surface area contributed by atoms with Crippen molar-refractivity contribution in [2.24, 2.45) is 0 Å². The smallest absolute Gasteiger partial charge is 0.0554 e. The molecule has 0 unspecified atom stereocenters. The summed E-state index contributed by atoms with van der Waals surface area (Å²) in [4.78, 5) is 0. The highest BCUT2D eigenvalue weighted by molar-refractivity contribution is 7.78. The van der Waals surface area contributed by atoms with Gasteiger partial charge in [0.25, 0.3) is 0 Å². The molecule has 0 aliphatic rings. The van der Waals surface area contributed by atoms with E-state index in [4.69, 9.17) is 16.2 Å². The Hall–Kier alpha value is -0.780. The molecule has 4 heteroatoms. The summed E-state index contributed by atoms with van der Waals surface area (Å²) in [5.41, 5.74) is 0. The van der Waals surface area contributed by atoms with E-state index in [-0.39, 0.29) is 0 Å². The first-order valence-electron chi connectivity index (χ1n) is 0.654. The molecule has 0 aromatic carbocycles. The van der Waals surface area contributed by atoms with Crippen LogP contribution < -0.4 is 0 Å². The van der Waals surface area contributed by atoms with Gasteiger partial charge in [0, 0.05) is 10.8 Å². The molecule has 0 rings (SSSR count). The summed E-state index contributed by atoms with van der Waals surface area (Å²) in [5, 5.41) is 19.4. The number of isothiocyanates is 1. The van der Waals surface area contributed by atoms with Crippen LogP contribution in [0.5, 0.6) is 0 Å². The Balaban J connectivity index is 0. The molecule has 0 radical (unpaired) electrons. The van der Waals surface area contributed by atoms with Crippen molar-refractivity contribution in [1.29, 1.82) is 16.2 Å². The molecule has 0 saturated carbocycles. The Labute approximate surface area is 34.5 Å². The largest absolute Gasteiger partial charge is 0.248 e. The van der Waals surface area contributed by atoms with Crippen LogP contribution in [0.1, 0.15) is 0 Å². The molecule has 0 aliphatic carbocycles. The quantitative estimate of drug-likeness (QED) is 0.268. The second kappa shape index (κ2) is 328. The van der Waals surface area contributed by atoms with Gasteiger partial charge in [-0.3, -0.25) is 0 Å². The van der Waals surface area contributed by atoms with Gasteiger partial charge in [0.2, 0.25) is 0 Å². The molecule has 5 heavy (non-hydrogen) atoms. The predicted molar refractivity (Wildman–Crippen MR) is 18.8 cm³/mol. The fraction of sp³-hybridized carbons (Fsp3) is 0. The molecule has 0 spiro atoms. The second-order valence-electron chi connectivity index (χ2n) is 0.102. The van der Waals surface area contributed by atoms with Crippen molar-refractivity contribution in [3.05, 3.63) is 0 Å². The summed E-state index contributed by atoms with van der Waals surface area (Å²) in [6.45, 7) is 0. The van der Waals surface area contributed by atoms with Crippen molar-refractivity contribution in [1.82, 2.24) is 0 Å². The Morgan fingerprint density at radius 3 is 1.60 bits per heavy atom. The highest BCUT2D eigenvalue weighted by atomic mass is 32.1. The van der Waals surface area contributed by atoms with Gasteiger partial charge >= 0.3 is 0 Å². The van der Waals surface area contributed by atoms with Crippen LogP contribution in [0, 0.1) is 16.2 Å². The Bertz CT molecular complexity index is 49.2. The van der Waals surface area contributed by atoms with Crippen LogP contribution in [0.3, 0.4) is 0 Å². The maximum absolute atomic E-state index is 6.00. The van der Waals surface area contributed by atoms with Crippen LogP contribution in [0.15, 0.2) is 0 Å². The van der Waals surface area contributed by atoms with Crippen LogP contribution in [-0.2, 0) is 0 Å². The number of thiocarbonyl (C=S) groups is 1. The first kappa shape index (κ1) is 8.88. The van der Waals surface area contributed by atoms with Crippen LogP contribution in [-0.4, -0.2) is 5.16 Å². The standard InChI is InChI=1S/CHNS.N2/c2-1-3;1-2/h2H;. The molecular formula is CHN3S. The number of rotatable bonds is 0. The maximum Gasteiger partial charge on any atom is 0.0554 e. The van der Waals surface area contributed by atoms with E-state index in [9.17, 15) is 0 Å². The molecular weight excluding hydrogens is 86.1 g/mol. The SMILES string of the molecule is N#N.N=C=S. The molecule has 0 atom stereocenters. The van der Waals surface area contributed by atoms with Crippen molar-refractivity contribution in [3.8, 4) is 0 Å². The predicted octanol–water partition coefficient (Wildman–Crippen LogP) is 0.698. The number of nitrogens with zero attached hydrogens (tertiary/aromatic N) is 2. The Morgan fingerprint density at radius 1 is 1.60 bits per heavy atom. The van der Waals surface area contributed by atoms with Crippen molar-refractivity contribution < 1.29 is 0 Å². The van der Waals surface area contributed by atoms with Crippen LogP contribution >= 0.6 is 12.2 Å². The lowest BCUT2D eigenvalue weighted by Gasteiger charge is -1.05. The molecule has 0 aromatic rings. The van der Waals surface area contributed by atoms with Gasteiger partial charge in [-0.25, -0.2) is 5.41 Å². The molecule has 0 amide bonds. The zero-order valence-corrected chi connectivity index (χ0v) is 3.12. The van der Waals surface area contributed by atoms with E-state index in [0.717, 1.165) is 0 Å². The van der Waals surface area contributed by atoms with E-state index < -0.39 is 0 Å². The highest BCUT2D eigenvalue weighted by Crippen LogP contribution is 1.16. The number of nitrogens with one attached hydrogen (secondary N) is 1. The number of hydrogen-bond acceptors (Lipinski definition) is 4. The van der Waals surface area contributed by atoms with Gasteiger partial charge in [-0.2, -0.15) is 0 Å². The van der Waals surface area contributed by atoms with E-state index in [2.05, 4.69) is 12.2 Å². The summed E-state index contributed by atoms with van der Waals surface area (Å²) >= 11 is 3.81. The zero-order valence-electron chi connectivity index (χ0n) is 2.30. The highest BCUT2D eigenvalue weighted by Gasteiger charge is 0.975. The fourth-order valence-corrected chi connectivity index (χ4v) is 0. The summed E-state index contributed by atoms with van der Waals surface area (Å²) in [7, 11) is 0. The lowest BCUT2D eigenvalue weighted by Crippen LogP contribution is -1.03. The summed E-state index contributed by atoms with van der Waals surface area (Å²) < 4.78 is 0. The van der Waals surface area contributed by atoms with E-state index >= 15 is 0 Å². The summed E-state index contributed by atoms with van der Waals surface area (Å²) in [6, 6.07) is 0. The normalized spacial score (nSPS) is 2.00. The van der Waals surface area contributed by atoms with E-state index in [1.165, 1.54) is 0 Å². The van der Waals surface area contributed by atoms with Crippen molar-refractivity contribution in [3.63, 3.8) is 0 Å². The lowest BCUT2D eigenvalue weighted by molar-refractivity contribution is 1.15. The minimum Gasteiger partial charge on any atom is -0.248 e. The molecule has 0 saturated heterocycles. The van der Waals surface area contributed by atoms with E-state index in [1.54, 1.807) is 5.16 Å². The second-order valence-corrected chi connectivity index (χ2v) is 0.306. The van der Waals surface area contributed by atoms with Gasteiger partial charge in [-0.1, -0.05) is 0 Å². The minimum atomic E-state index is 1.58. The fourth-order valence-electron chi connectivity index (χ4n) is 0. The van der Waals surface area contributed by atoms with Crippen LogP contribution in [0.25, 0.3) is 0 Å². The van der Waals surface area contributed by atoms with Gasteiger partial charge < -0.3 is 0 Å². The summed E-state index contributed by atoms with van der Waals surface area (Å²) in [5.74, 6) is 0. The first-order valence-corrected chi connectivity index (χ1v) is 1.06. The van der Waals surface area contributed by atoms with Crippen LogP contribution in [0.2, 0.25) is 0 Å². The van der Waals surface area contributed by atoms with Gasteiger partial charge in [0.15, 0.2) is 0 Å². The molecule has 0 bridgehead atoms. The van der Waals surface area contributed by atoms with E-state index in [0.29, 0.717) is 0 Å². The average molecular weight is 87.1 g/mol. The molecule has 0 heterocycles. The molecule has 26 valence electrons. The van der Waals surface area contributed by atoms with Crippen molar-refractivity contribution >= 4 is 17.4 Å². The Morgan fingerprint density at radius 2 is 1.60 bits per heavy atom. The summed E-state index contributed by atoms with van der Waals surface area (Å²) in [6.07, 6.45) is 0. The van der Waals surface area contributed by atoms with Crippen molar-refractivity contribution in [2.45, 2.75) is 0 Å². The molecule has 0 aromatic heterocycles. The first-order chi connectivity index (χ1) is 2.41. The third kappa shape index (κ3) is 7.88. The third-order valence-corrected chi connectivity index (χ3v) is 0. The van der Waals surface area contributed by atoms with E-state index in [1.807, 2.05) is 0 Å². The Kier molecular flexibility index (Phi) is 582. The minimum absolute atomic E-state index is 1.58. The molecule has 0 aliphatic heterocycles.